The highest BCUT2D eigenvalue weighted by atomic mass is 32.1. The maximum absolute atomic E-state index is 16.0. The molecule has 234 valence electrons. The van der Waals surface area contributed by atoms with Crippen molar-refractivity contribution in [3.05, 3.63) is 78.1 Å². The fraction of sp³-hybridized carbons (Fsp3) is 0.242. The maximum atomic E-state index is 16.0. The summed E-state index contributed by atoms with van der Waals surface area (Å²) in [4.78, 5) is 23.8. The van der Waals surface area contributed by atoms with Crippen molar-refractivity contribution in [2.45, 2.75) is 13.0 Å². The van der Waals surface area contributed by atoms with Gasteiger partial charge in [0, 0.05) is 84.3 Å². The zero-order valence-electron chi connectivity index (χ0n) is 25.2. The molecular formula is C33H29F2N7O3S. The average Bonchev–Trinajstić information content (AvgIpc) is 3.76. The third kappa shape index (κ3) is 5.20. The van der Waals surface area contributed by atoms with Gasteiger partial charge in [-0.2, -0.15) is 10.2 Å². The number of fused-ring (bicyclic) bond motifs is 3. The Hall–Kier alpha value is -5.01. The van der Waals surface area contributed by atoms with E-state index in [1.54, 1.807) is 22.0 Å². The second kappa shape index (κ2) is 12.1. The predicted octanol–water partition coefficient (Wildman–Crippen LogP) is 5.65. The number of carbonyl (C=O) groups excluding carboxylic acids is 1. The van der Waals surface area contributed by atoms with Crippen molar-refractivity contribution in [2.24, 2.45) is 7.05 Å². The molecule has 13 heteroatoms. The van der Waals surface area contributed by atoms with Gasteiger partial charge in [0.2, 0.25) is 5.91 Å². The van der Waals surface area contributed by atoms with E-state index in [9.17, 15) is 9.18 Å². The Balaban J connectivity index is 1.46. The summed E-state index contributed by atoms with van der Waals surface area (Å²) in [5.41, 5.74) is 4.51. The minimum Gasteiger partial charge on any atom is -0.490 e. The topological polar surface area (TPSA) is 100 Å². The molecule has 0 N–H and O–H groups in total. The zero-order chi connectivity index (χ0) is 31.9. The molecule has 0 aliphatic carbocycles. The summed E-state index contributed by atoms with van der Waals surface area (Å²) < 4.78 is 45.9. The van der Waals surface area contributed by atoms with Crippen molar-refractivity contribution in [3.63, 3.8) is 0 Å². The third-order valence-corrected chi connectivity index (χ3v) is 9.01. The summed E-state index contributed by atoms with van der Waals surface area (Å²) in [6.45, 7) is 5.38. The van der Waals surface area contributed by atoms with Gasteiger partial charge in [-0.25, -0.2) is 18.7 Å². The summed E-state index contributed by atoms with van der Waals surface area (Å²) in [6.07, 6.45) is 5.37. The van der Waals surface area contributed by atoms with E-state index in [2.05, 4.69) is 16.7 Å². The van der Waals surface area contributed by atoms with Gasteiger partial charge >= 0.3 is 0 Å². The first kappa shape index (κ1) is 29.7. The van der Waals surface area contributed by atoms with Crippen molar-refractivity contribution in [1.82, 2.24) is 34.4 Å². The van der Waals surface area contributed by atoms with Crippen LogP contribution in [-0.4, -0.2) is 73.7 Å². The van der Waals surface area contributed by atoms with E-state index in [0.717, 1.165) is 38.4 Å². The molecule has 10 nitrogen and oxygen atoms in total. The number of methoxy groups -OCH3 is 1. The fourth-order valence-corrected chi connectivity index (χ4v) is 6.82. The fourth-order valence-electron chi connectivity index (χ4n) is 5.87. The summed E-state index contributed by atoms with van der Waals surface area (Å²) in [7, 11) is 3.36. The molecule has 0 unspecified atom stereocenters. The van der Waals surface area contributed by atoms with Gasteiger partial charge in [-0.3, -0.25) is 14.2 Å². The summed E-state index contributed by atoms with van der Waals surface area (Å²) in [5.74, 6) is -1.63. The number of amides is 1. The molecule has 0 radical (unpaired) electrons. The van der Waals surface area contributed by atoms with E-state index in [4.69, 9.17) is 19.6 Å². The summed E-state index contributed by atoms with van der Waals surface area (Å²) in [6, 6.07) is 7.86. The molecule has 1 aliphatic heterocycles. The average molecular weight is 642 g/mol. The van der Waals surface area contributed by atoms with Crippen LogP contribution < -0.4 is 4.74 Å². The van der Waals surface area contributed by atoms with Gasteiger partial charge in [0.05, 0.1) is 30.6 Å². The van der Waals surface area contributed by atoms with Crippen LogP contribution in [0, 0.1) is 11.6 Å². The highest BCUT2D eigenvalue weighted by Gasteiger charge is 2.28. The lowest BCUT2D eigenvalue weighted by molar-refractivity contribution is -0.126. The number of nitrogens with zero attached hydrogens (tertiary/aromatic N) is 7. The van der Waals surface area contributed by atoms with Crippen LogP contribution in [0.1, 0.15) is 5.69 Å². The van der Waals surface area contributed by atoms with Crippen molar-refractivity contribution in [2.75, 3.05) is 33.4 Å². The van der Waals surface area contributed by atoms with E-state index < -0.39 is 11.6 Å². The zero-order valence-corrected chi connectivity index (χ0v) is 26.0. The largest absolute Gasteiger partial charge is 0.490 e. The number of aryl methyl sites for hydroxylation is 1. The number of rotatable bonds is 8. The van der Waals surface area contributed by atoms with Gasteiger partial charge in [-0.05, 0) is 29.7 Å². The van der Waals surface area contributed by atoms with Gasteiger partial charge in [0.15, 0.2) is 5.65 Å². The second-order valence-corrected chi connectivity index (χ2v) is 11.8. The van der Waals surface area contributed by atoms with Crippen molar-refractivity contribution < 1.29 is 23.0 Å². The number of hydrogen-bond donors (Lipinski definition) is 0. The van der Waals surface area contributed by atoms with Crippen LogP contribution in [0.2, 0.25) is 0 Å². The van der Waals surface area contributed by atoms with E-state index in [1.165, 1.54) is 30.6 Å². The van der Waals surface area contributed by atoms with E-state index in [0.29, 0.717) is 48.7 Å². The van der Waals surface area contributed by atoms with E-state index in [-0.39, 0.29) is 30.4 Å². The van der Waals surface area contributed by atoms with Crippen LogP contribution in [0.15, 0.2) is 60.8 Å². The Kier molecular flexibility index (Phi) is 7.79. The molecule has 0 spiro atoms. The molecule has 7 rings (SSSR count). The number of benzene rings is 1. The van der Waals surface area contributed by atoms with Crippen LogP contribution in [0.3, 0.4) is 0 Å². The monoisotopic (exact) mass is 641 g/mol. The number of ether oxygens (including phenoxy) is 2. The van der Waals surface area contributed by atoms with Gasteiger partial charge in [0.25, 0.3) is 0 Å². The Labute approximate surface area is 266 Å². The molecule has 0 atom stereocenters. The lowest BCUT2D eigenvalue weighted by Crippen LogP contribution is -2.32. The molecular weight excluding hydrogens is 612 g/mol. The number of carbonyl (C=O) groups is 1. The lowest BCUT2D eigenvalue weighted by Gasteiger charge is -2.18. The second-order valence-electron chi connectivity index (χ2n) is 10.9. The van der Waals surface area contributed by atoms with Crippen molar-refractivity contribution in [1.29, 1.82) is 0 Å². The van der Waals surface area contributed by atoms with Gasteiger partial charge in [-0.15, -0.1) is 11.3 Å². The Bertz CT molecular complexity index is 2110. The quantitative estimate of drug-likeness (QED) is 0.156. The van der Waals surface area contributed by atoms with Gasteiger partial charge in [-0.1, -0.05) is 6.58 Å². The first-order valence-corrected chi connectivity index (χ1v) is 15.5. The molecule has 6 aromatic rings. The first-order valence-electron chi connectivity index (χ1n) is 14.6. The molecule has 5 aromatic heterocycles. The minimum absolute atomic E-state index is 0.0397. The normalized spacial score (nSPS) is 13.3. The van der Waals surface area contributed by atoms with Crippen LogP contribution >= 0.6 is 11.3 Å². The Morgan fingerprint density at radius 1 is 1.09 bits per heavy atom. The van der Waals surface area contributed by atoms with Crippen LogP contribution in [0.25, 0.3) is 54.9 Å². The summed E-state index contributed by atoms with van der Waals surface area (Å²) >= 11 is 1.42. The van der Waals surface area contributed by atoms with Crippen molar-refractivity contribution >= 4 is 38.4 Å². The molecule has 46 heavy (non-hydrogen) atoms. The highest BCUT2D eigenvalue weighted by Crippen LogP contribution is 2.47. The van der Waals surface area contributed by atoms with Crippen molar-refractivity contribution in [3.8, 4) is 39.5 Å². The number of halogens is 2. The molecule has 1 amide bonds. The molecule has 0 bridgehead atoms. The van der Waals surface area contributed by atoms with Gasteiger partial charge < -0.3 is 14.4 Å². The maximum Gasteiger partial charge on any atom is 0.246 e. The SMILES string of the molecule is C=CC(=O)N1CCc2cc(-c3nc(-c4cnc5c(cnn5C)c4)c4ccsc4c3-c3c(F)cc(F)cc3OCCOC)nn2CC1. The minimum atomic E-state index is -0.782. The Morgan fingerprint density at radius 2 is 1.96 bits per heavy atom. The first-order chi connectivity index (χ1) is 22.4. The molecule has 0 saturated heterocycles. The predicted molar refractivity (Wildman–Crippen MR) is 172 cm³/mol. The molecule has 0 fully saturated rings. The number of hydrogen-bond acceptors (Lipinski definition) is 8. The molecule has 1 aliphatic rings. The molecule has 0 saturated carbocycles. The van der Waals surface area contributed by atoms with Crippen LogP contribution in [-0.2, 0) is 29.5 Å². The van der Waals surface area contributed by atoms with Crippen LogP contribution in [0.5, 0.6) is 5.75 Å². The van der Waals surface area contributed by atoms with E-state index >= 15 is 4.39 Å². The lowest BCUT2D eigenvalue weighted by atomic mass is 9.96. The molecule has 6 heterocycles. The molecule has 1 aromatic carbocycles. The standard InChI is InChI=1S/C33H29F2N7O3S/c1-4-27(43)41-7-5-22-16-25(39-42(22)9-8-41)31-29(28-24(35)14-21(34)15-26(28)45-11-10-44-3)32-23(6-12-46-32)30(38-31)19-13-20-18-37-40(2)33(20)36-17-19/h4,6,12-18H,1,5,7-11H2,2-3H3. The third-order valence-electron chi connectivity index (χ3n) is 8.08. The summed E-state index contributed by atoms with van der Waals surface area (Å²) in [5, 5.41) is 12.8. The van der Waals surface area contributed by atoms with E-state index in [1.807, 2.05) is 35.3 Å². The highest BCUT2D eigenvalue weighted by molar-refractivity contribution is 7.18. The van der Waals surface area contributed by atoms with Gasteiger partial charge in [0.1, 0.15) is 35.4 Å². The number of aromatic nitrogens is 6. The van der Waals surface area contributed by atoms with Crippen LogP contribution in [0.4, 0.5) is 8.78 Å². The number of thiophene rings is 1. The Morgan fingerprint density at radius 3 is 2.78 bits per heavy atom. The number of pyridine rings is 2. The smallest absolute Gasteiger partial charge is 0.246 e.